The molecular formula is C11H6ClF3N2O. The molecule has 0 atom stereocenters. The molecule has 2 rings (SSSR count). The van der Waals surface area contributed by atoms with Gasteiger partial charge in [0.15, 0.2) is 0 Å². The Balaban J connectivity index is 2.22. The minimum Gasteiger partial charge on any atom is -0.424 e. The molecular weight excluding hydrogens is 269 g/mol. The Morgan fingerprint density at radius 2 is 1.78 bits per heavy atom. The van der Waals surface area contributed by atoms with Gasteiger partial charge in [0.05, 0.1) is 23.0 Å². The van der Waals surface area contributed by atoms with Gasteiger partial charge in [0, 0.05) is 0 Å². The van der Waals surface area contributed by atoms with Crippen molar-refractivity contribution in [2.75, 3.05) is 0 Å². The second kappa shape index (κ2) is 4.81. The average molecular weight is 275 g/mol. The fraction of sp³-hybridized carbons (Fsp3) is 0.0909. The number of hydrogen-bond donors (Lipinski definition) is 0. The van der Waals surface area contributed by atoms with Gasteiger partial charge in [-0.1, -0.05) is 17.7 Å². The summed E-state index contributed by atoms with van der Waals surface area (Å²) < 4.78 is 42.5. The van der Waals surface area contributed by atoms with E-state index in [4.69, 9.17) is 16.3 Å². The Morgan fingerprint density at radius 3 is 2.39 bits per heavy atom. The number of nitrogens with zero attached hydrogens (tertiary/aromatic N) is 2. The topological polar surface area (TPSA) is 35.0 Å². The van der Waals surface area contributed by atoms with E-state index < -0.39 is 11.7 Å². The van der Waals surface area contributed by atoms with Crippen molar-refractivity contribution in [3.05, 3.63) is 47.2 Å². The number of hydrogen-bond acceptors (Lipinski definition) is 3. The molecule has 0 spiro atoms. The SMILES string of the molecule is FC(F)(F)c1cccc(Oc2ncc(Cl)cn2)c1. The molecule has 1 aromatic heterocycles. The average Bonchev–Trinajstić information content (AvgIpc) is 2.31. The lowest BCUT2D eigenvalue weighted by Crippen LogP contribution is -2.04. The minimum atomic E-state index is -4.42. The van der Waals surface area contributed by atoms with Crippen LogP contribution in [0.5, 0.6) is 11.8 Å². The molecule has 0 aliphatic carbocycles. The first-order valence-electron chi connectivity index (χ1n) is 4.78. The summed E-state index contributed by atoms with van der Waals surface area (Å²) in [7, 11) is 0. The largest absolute Gasteiger partial charge is 0.424 e. The molecule has 1 heterocycles. The normalized spacial score (nSPS) is 11.3. The molecule has 0 aliphatic heterocycles. The molecule has 0 radical (unpaired) electrons. The van der Waals surface area contributed by atoms with Crippen molar-refractivity contribution in [2.45, 2.75) is 6.18 Å². The Morgan fingerprint density at radius 1 is 1.11 bits per heavy atom. The number of aromatic nitrogens is 2. The highest BCUT2D eigenvalue weighted by atomic mass is 35.5. The summed E-state index contributed by atoms with van der Waals surface area (Å²) in [6, 6.07) is 4.38. The Kier molecular flexibility index (Phi) is 3.38. The van der Waals surface area contributed by atoms with E-state index in [-0.39, 0.29) is 11.8 Å². The second-order valence-corrected chi connectivity index (χ2v) is 3.75. The van der Waals surface area contributed by atoms with Crippen LogP contribution in [0.3, 0.4) is 0 Å². The third-order valence-corrected chi connectivity index (χ3v) is 2.16. The number of halogens is 4. The molecule has 7 heteroatoms. The van der Waals surface area contributed by atoms with E-state index in [1.807, 2.05) is 0 Å². The molecule has 0 unspecified atom stereocenters. The van der Waals surface area contributed by atoms with Crippen LogP contribution in [-0.4, -0.2) is 9.97 Å². The van der Waals surface area contributed by atoms with Gasteiger partial charge in [-0.15, -0.1) is 0 Å². The summed E-state index contributed by atoms with van der Waals surface area (Å²) in [6.07, 6.45) is -1.84. The maximum Gasteiger partial charge on any atom is 0.416 e. The first-order valence-corrected chi connectivity index (χ1v) is 5.15. The van der Waals surface area contributed by atoms with E-state index in [9.17, 15) is 13.2 Å². The lowest BCUT2D eigenvalue weighted by atomic mass is 10.2. The quantitative estimate of drug-likeness (QED) is 0.832. The first kappa shape index (κ1) is 12.6. The maximum atomic E-state index is 12.5. The summed E-state index contributed by atoms with van der Waals surface area (Å²) in [6.45, 7) is 0. The first-order chi connectivity index (χ1) is 8.45. The predicted octanol–water partition coefficient (Wildman–Crippen LogP) is 3.94. The summed E-state index contributed by atoms with van der Waals surface area (Å²) in [5, 5.41) is 0.311. The molecule has 3 nitrogen and oxygen atoms in total. The molecule has 94 valence electrons. The number of benzene rings is 1. The summed E-state index contributed by atoms with van der Waals surface area (Å²) in [5.41, 5.74) is -0.797. The van der Waals surface area contributed by atoms with Crippen LogP contribution in [-0.2, 0) is 6.18 Å². The zero-order valence-corrected chi connectivity index (χ0v) is 9.53. The van der Waals surface area contributed by atoms with E-state index in [2.05, 4.69) is 9.97 Å². The zero-order valence-electron chi connectivity index (χ0n) is 8.78. The summed E-state index contributed by atoms with van der Waals surface area (Å²) >= 11 is 5.57. The molecule has 18 heavy (non-hydrogen) atoms. The van der Waals surface area contributed by atoms with Gasteiger partial charge in [-0.25, -0.2) is 9.97 Å². The van der Waals surface area contributed by atoms with Crippen LogP contribution in [0.25, 0.3) is 0 Å². The van der Waals surface area contributed by atoms with Crippen LogP contribution in [0.4, 0.5) is 13.2 Å². The van der Waals surface area contributed by atoms with Crippen molar-refractivity contribution in [3.8, 4) is 11.8 Å². The third kappa shape index (κ3) is 3.10. The van der Waals surface area contributed by atoms with Crippen LogP contribution in [0.1, 0.15) is 5.56 Å². The van der Waals surface area contributed by atoms with Gasteiger partial charge in [0.2, 0.25) is 0 Å². The molecule has 2 aromatic rings. The molecule has 0 N–H and O–H groups in total. The van der Waals surface area contributed by atoms with Crippen molar-refractivity contribution < 1.29 is 17.9 Å². The van der Waals surface area contributed by atoms with Gasteiger partial charge in [0.1, 0.15) is 5.75 Å². The Labute approximate surface area is 105 Å². The predicted molar refractivity (Wildman–Crippen MR) is 58.6 cm³/mol. The Hall–Kier alpha value is -1.82. The fourth-order valence-electron chi connectivity index (χ4n) is 1.19. The van der Waals surface area contributed by atoms with E-state index in [0.717, 1.165) is 12.1 Å². The van der Waals surface area contributed by atoms with Crippen molar-refractivity contribution in [1.82, 2.24) is 9.97 Å². The molecule has 0 aliphatic rings. The molecule has 0 amide bonds. The maximum absolute atomic E-state index is 12.5. The van der Waals surface area contributed by atoms with Crippen LogP contribution >= 0.6 is 11.6 Å². The van der Waals surface area contributed by atoms with E-state index in [1.54, 1.807) is 0 Å². The number of alkyl halides is 3. The van der Waals surface area contributed by atoms with Gasteiger partial charge >= 0.3 is 12.2 Å². The van der Waals surface area contributed by atoms with Crippen molar-refractivity contribution in [2.24, 2.45) is 0 Å². The van der Waals surface area contributed by atoms with Gasteiger partial charge in [-0.05, 0) is 18.2 Å². The highest BCUT2D eigenvalue weighted by molar-refractivity contribution is 6.30. The van der Waals surface area contributed by atoms with Crippen molar-refractivity contribution in [3.63, 3.8) is 0 Å². The van der Waals surface area contributed by atoms with Crippen LogP contribution in [0, 0.1) is 0 Å². The highest BCUT2D eigenvalue weighted by Gasteiger charge is 2.30. The number of rotatable bonds is 2. The molecule has 0 saturated heterocycles. The van der Waals surface area contributed by atoms with Crippen LogP contribution in [0.2, 0.25) is 5.02 Å². The van der Waals surface area contributed by atoms with Gasteiger partial charge in [-0.2, -0.15) is 13.2 Å². The molecule has 0 bridgehead atoms. The monoisotopic (exact) mass is 274 g/mol. The van der Waals surface area contributed by atoms with Crippen LogP contribution < -0.4 is 4.74 Å². The van der Waals surface area contributed by atoms with Crippen molar-refractivity contribution >= 4 is 11.6 Å². The highest BCUT2D eigenvalue weighted by Crippen LogP contribution is 2.32. The smallest absolute Gasteiger partial charge is 0.416 e. The lowest BCUT2D eigenvalue weighted by Gasteiger charge is -2.08. The summed E-state index contributed by atoms with van der Waals surface area (Å²) in [5.74, 6) is 0.00662. The Bertz CT molecular complexity index is 543. The zero-order chi connectivity index (χ0) is 13.2. The van der Waals surface area contributed by atoms with E-state index in [0.29, 0.717) is 5.02 Å². The van der Waals surface area contributed by atoms with Gasteiger partial charge in [-0.3, -0.25) is 0 Å². The molecule has 0 fully saturated rings. The second-order valence-electron chi connectivity index (χ2n) is 3.31. The minimum absolute atomic E-state index is 0.00662. The van der Waals surface area contributed by atoms with Crippen molar-refractivity contribution in [1.29, 1.82) is 0 Å². The van der Waals surface area contributed by atoms with Crippen LogP contribution in [0.15, 0.2) is 36.7 Å². The van der Waals surface area contributed by atoms with Gasteiger partial charge < -0.3 is 4.74 Å². The third-order valence-electron chi connectivity index (χ3n) is 1.97. The molecule has 1 aromatic carbocycles. The summed E-state index contributed by atoms with van der Waals surface area (Å²) in [4.78, 5) is 7.44. The lowest BCUT2D eigenvalue weighted by molar-refractivity contribution is -0.137. The van der Waals surface area contributed by atoms with Gasteiger partial charge in [0.25, 0.3) is 0 Å². The van der Waals surface area contributed by atoms with E-state index >= 15 is 0 Å². The fourth-order valence-corrected chi connectivity index (χ4v) is 1.29. The number of ether oxygens (including phenoxy) is 1. The molecule has 0 saturated carbocycles. The standard InChI is InChI=1S/C11H6ClF3N2O/c12-8-5-16-10(17-6-8)18-9-3-1-2-7(4-9)11(13,14)15/h1-6H. The van der Waals surface area contributed by atoms with E-state index in [1.165, 1.54) is 24.5 Å².